The highest BCUT2D eigenvalue weighted by Gasteiger charge is 2.26. The molecule has 0 aromatic carbocycles. The summed E-state index contributed by atoms with van der Waals surface area (Å²) in [5.74, 6) is 2.88. The molecule has 2 saturated heterocycles. The van der Waals surface area contributed by atoms with Crippen molar-refractivity contribution in [1.82, 2.24) is 9.88 Å². The molecule has 0 aliphatic carbocycles. The Morgan fingerprint density at radius 1 is 1.25 bits per heavy atom. The predicted octanol–water partition coefficient (Wildman–Crippen LogP) is 2.30. The fourth-order valence-electron chi connectivity index (χ4n) is 3.57. The number of hydrogen-bond donors (Lipinski definition) is 0. The van der Waals surface area contributed by atoms with Crippen LogP contribution in [0.15, 0.2) is 18.3 Å². The van der Waals surface area contributed by atoms with E-state index < -0.39 is 10.8 Å². The van der Waals surface area contributed by atoms with Gasteiger partial charge in [0.15, 0.2) is 0 Å². The molecule has 3 unspecified atom stereocenters. The second-order valence-corrected chi connectivity index (χ2v) is 8.78. The second kappa shape index (κ2) is 7.64. The monoisotopic (exact) mass is 349 g/mol. The first-order valence-electron chi connectivity index (χ1n) is 8.91. The first kappa shape index (κ1) is 17.4. The lowest BCUT2D eigenvalue weighted by Gasteiger charge is -2.32. The number of amides is 1. The molecule has 0 bridgehead atoms. The van der Waals surface area contributed by atoms with Crippen molar-refractivity contribution < 1.29 is 9.00 Å². The number of carbonyl (C=O) groups is 1. The molecule has 1 aromatic heterocycles. The molecule has 0 N–H and O–H groups in total. The highest BCUT2D eigenvalue weighted by Crippen LogP contribution is 2.23. The lowest BCUT2D eigenvalue weighted by Crippen LogP contribution is -2.39. The molecule has 1 amide bonds. The van der Waals surface area contributed by atoms with Crippen LogP contribution in [0.2, 0.25) is 0 Å². The number of carbonyl (C=O) groups excluding carboxylic acids is 1. The Morgan fingerprint density at radius 3 is 2.88 bits per heavy atom. The summed E-state index contributed by atoms with van der Waals surface area (Å²) in [5, 5.41) is 0. The van der Waals surface area contributed by atoms with Gasteiger partial charge in [-0.15, -0.1) is 0 Å². The van der Waals surface area contributed by atoms with E-state index in [0.717, 1.165) is 25.3 Å². The van der Waals surface area contributed by atoms with E-state index in [1.165, 1.54) is 12.8 Å². The van der Waals surface area contributed by atoms with Gasteiger partial charge in [0.1, 0.15) is 5.82 Å². The van der Waals surface area contributed by atoms with Crippen molar-refractivity contribution in [2.24, 2.45) is 5.92 Å². The van der Waals surface area contributed by atoms with E-state index in [4.69, 9.17) is 0 Å². The lowest BCUT2D eigenvalue weighted by atomic mass is 10.0. The maximum Gasteiger partial charge on any atom is 0.254 e. The first-order chi connectivity index (χ1) is 11.5. The molecule has 132 valence electrons. The van der Waals surface area contributed by atoms with Gasteiger partial charge in [-0.3, -0.25) is 9.00 Å². The number of piperidine rings is 1. The van der Waals surface area contributed by atoms with Gasteiger partial charge in [0.05, 0.1) is 0 Å². The van der Waals surface area contributed by atoms with Crippen LogP contribution in [0.5, 0.6) is 0 Å². The highest BCUT2D eigenvalue weighted by atomic mass is 32.2. The zero-order valence-electron chi connectivity index (χ0n) is 14.6. The number of hydrogen-bond acceptors (Lipinski definition) is 4. The average molecular weight is 350 g/mol. The van der Waals surface area contributed by atoms with Crippen molar-refractivity contribution in [2.75, 3.05) is 36.0 Å². The SMILES string of the molecule is CC1CCCN(c2cc(C(=O)N3CCS(=O)CCC3C)ccn2)C1. The number of rotatable bonds is 2. The summed E-state index contributed by atoms with van der Waals surface area (Å²) in [7, 11) is -0.799. The molecule has 2 aliphatic rings. The van der Waals surface area contributed by atoms with Crippen LogP contribution in [0, 0.1) is 5.92 Å². The predicted molar refractivity (Wildman–Crippen MR) is 97.8 cm³/mol. The minimum absolute atomic E-state index is 0.0371. The molecule has 6 heteroatoms. The van der Waals surface area contributed by atoms with Gasteiger partial charge in [-0.1, -0.05) is 6.92 Å². The molecule has 3 heterocycles. The van der Waals surface area contributed by atoms with Crippen LogP contribution < -0.4 is 4.90 Å². The Bertz CT molecular complexity index is 622. The molecule has 2 fully saturated rings. The maximum atomic E-state index is 12.9. The molecule has 1 aromatic rings. The average Bonchev–Trinajstić information content (AvgIpc) is 2.76. The standard InChI is InChI=1S/C18H27N3O2S/c1-14-4-3-8-20(13-14)17-12-16(5-7-19-17)18(22)21-9-11-24(23)10-6-15(21)2/h5,7,12,14-15H,3-4,6,8-11,13H2,1-2H3. The topological polar surface area (TPSA) is 53.5 Å². The number of nitrogens with zero attached hydrogens (tertiary/aromatic N) is 3. The van der Waals surface area contributed by atoms with Crippen molar-refractivity contribution in [3.05, 3.63) is 23.9 Å². The van der Waals surface area contributed by atoms with Gasteiger partial charge in [-0.25, -0.2) is 4.98 Å². The summed E-state index contributed by atoms with van der Waals surface area (Å²) in [6, 6.07) is 3.86. The summed E-state index contributed by atoms with van der Waals surface area (Å²) in [5.41, 5.74) is 0.692. The fraction of sp³-hybridized carbons (Fsp3) is 0.667. The van der Waals surface area contributed by atoms with Gasteiger partial charge in [0.25, 0.3) is 5.91 Å². The highest BCUT2D eigenvalue weighted by molar-refractivity contribution is 7.85. The fourth-order valence-corrected chi connectivity index (χ4v) is 4.78. The Labute approximate surface area is 146 Å². The summed E-state index contributed by atoms with van der Waals surface area (Å²) in [4.78, 5) is 21.6. The molecule has 5 nitrogen and oxygen atoms in total. The van der Waals surface area contributed by atoms with E-state index in [9.17, 15) is 9.00 Å². The molecule has 24 heavy (non-hydrogen) atoms. The number of anilines is 1. The van der Waals surface area contributed by atoms with E-state index in [1.807, 2.05) is 11.0 Å². The molecule has 2 aliphatic heterocycles. The zero-order valence-corrected chi connectivity index (χ0v) is 15.4. The third-order valence-electron chi connectivity index (χ3n) is 5.09. The van der Waals surface area contributed by atoms with E-state index in [0.29, 0.717) is 29.5 Å². The molecule has 0 spiro atoms. The quantitative estimate of drug-likeness (QED) is 0.822. The maximum absolute atomic E-state index is 12.9. The van der Waals surface area contributed by atoms with Gasteiger partial charge in [0, 0.05) is 59.7 Å². The zero-order chi connectivity index (χ0) is 17.1. The Morgan fingerprint density at radius 2 is 2.08 bits per heavy atom. The van der Waals surface area contributed by atoms with Crippen LogP contribution in [-0.4, -0.2) is 57.2 Å². The third-order valence-corrected chi connectivity index (χ3v) is 6.42. The van der Waals surface area contributed by atoms with E-state index in [2.05, 4.69) is 23.7 Å². The molecular formula is C18H27N3O2S. The van der Waals surface area contributed by atoms with Gasteiger partial charge in [0.2, 0.25) is 0 Å². The van der Waals surface area contributed by atoms with Crippen molar-refractivity contribution in [2.45, 2.75) is 39.2 Å². The third kappa shape index (κ3) is 3.97. The largest absolute Gasteiger partial charge is 0.356 e. The number of aromatic nitrogens is 1. The van der Waals surface area contributed by atoms with Gasteiger partial charge in [-0.2, -0.15) is 0 Å². The summed E-state index contributed by atoms with van der Waals surface area (Å²) in [6.07, 6.45) is 4.98. The van der Waals surface area contributed by atoms with Gasteiger partial charge < -0.3 is 9.80 Å². The van der Waals surface area contributed by atoms with Crippen molar-refractivity contribution in [3.63, 3.8) is 0 Å². The molecule has 3 atom stereocenters. The van der Waals surface area contributed by atoms with Crippen LogP contribution >= 0.6 is 0 Å². The number of pyridine rings is 1. The van der Waals surface area contributed by atoms with Crippen LogP contribution in [0.1, 0.15) is 43.5 Å². The van der Waals surface area contributed by atoms with Crippen molar-refractivity contribution >= 4 is 22.5 Å². The van der Waals surface area contributed by atoms with Crippen LogP contribution in [0.25, 0.3) is 0 Å². The van der Waals surface area contributed by atoms with Gasteiger partial charge >= 0.3 is 0 Å². The Balaban J connectivity index is 1.77. The van der Waals surface area contributed by atoms with Crippen molar-refractivity contribution in [3.8, 4) is 0 Å². The smallest absolute Gasteiger partial charge is 0.254 e. The lowest BCUT2D eigenvalue weighted by molar-refractivity contribution is 0.0706. The van der Waals surface area contributed by atoms with Crippen LogP contribution in [-0.2, 0) is 10.8 Å². The minimum Gasteiger partial charge on any atom is -0.356 e. The Hall–Kier alpha value is -1.43. The molecule has 0 saturated carbocycles. The van der Waals surface area contributed by atoms with Gasteiger partial charge in [-0.05, 0) is 44.2 Å². The molecule has 3 rings (SSSR count). The first-order valence-corrected chi connectivity index (χ1v) is 10.4. The molecular weight excluding hydrogens is 322 g/mol. The summed E-state index contributed by atoms with van der Waals surface area (Å²) in [6.45, 7) is 6.90. The van der Waals surface area contributed by atoms with Crippen LogP contribution in [0.3, 0.4) is 0 Å². The normalized spacial score (nSPS) is 28.5. The van der Waals surface area contributed by atoms with Crippen LogP contribution in [0.4, 0.5) is 5.82 Å². The Kier molecular flexibility index (Phi) is 5.54. The van der Waals surface area contributed by atoms with E-state index in [-0.39, 0.29) is 11.9 Å². The summed E-state index contributed by atoms with van der Waals surface area (Å²) < 4.78 is 11.8. The minimum atomic E-state index is -0.799. The van der Waals surface area contributed by atoms with Crippen molar-refractivity contribution in [1.29, 1.82) is 0 Å². The second-order valence-electron chi connectivity index (χ2n) is 7.08. The van der Waals surface area contributed by atoms with E-state index in [1.54, 1.807) is 12.3 Å². The summed E-state index contributed by atoms with van der Waals surface area (Å²) >= 11 is 0. The molecule has 0 radical (unpaired) electrons. The van der Waals surface area contributed by atoms with E-state index >= 15 is 0 Å².